The number of hydrogen-bond donors (Lipinski definition) is 0. The van der Waals surface area contributed by atoms with Crippen LogP contribution in [0.25, 0.3) is 77.2 Å². The van der Waals surface area contributed by atoms with Gasteiger partial charge in [0.1, 0.15) is 0 Å². The minimum atomic E-state index is 0.555. The van der Waals surface area contributed by atoms with Crippen LogP contribution in [0.3, 0.4) is 0 Å². The number of aromatic nitrogens is 2. The Bertz CT molecular complexity index is 2920. The molecular formula is C45H25N5. The average molecular weight is 636 g/mol. The fourth-order valence-electron chi connectivity index (χ4n) is 7.39. The summed E-state index contributed by atoms with van der Waals surface area (Å²) in [5.74, 6) is 0. The SMILES string of the molecule is N#Cc1ccc2c(c1)c1ccc(C#N)cc1n2-c1cccc(-c2cc(-c3ccccc3-n3c4ccccc4c4ccccc43)ccc2C#N)c1. The van der Waals surface area contributed by atoms with Crippen LogP contribution < -0.4 is 0 Å². The molecule has 9 rings (SSSR count). The highest BCUT2D eigenvalue weighted by Crippen LogP contribution is 2.39. The Kier molecular flexibility index (Phi) is 6.56. The van der Waals surface area contributed by atoms with Crippen molar-refractivity contribution in [2.75, 3.05) is 0 Å². The van der Waals surface area contributed by atoms with Crippen LogP contribution in [0, 0.1) is 34.0 Å². The van der Waals surface area contributed by atoms with E-state index in [-0.39, 0.29) is 0 Å². The van der Waals surface area contributed by atoms with Gasteiger partial charge in [-0.15, -0.1) is 0 Å². The maximum absolute atomic E-state index is 10.3. The normalized spacial score (nSPS) is 11.1. The second-order valence-electron chi connectivity index (χ2n) is 12.3. The first-order valence-electron chi connectivity index (χ1n) is 16.3. The monoisotopic (exact) mass is 635 g/mol. The van der Waals surface area contributed by atoms with Crippen LogP contribution in [0.1, 0.15) is 16.7 Å². The quantitative estimate of drug-likeness (QED) is 0.193. The first-order valence-corrected chi connectivity index (χ1v) is 16.3. The van der Waals surface area contributed by atoms with Gasteiger partial charge in [0.2, 0.25) is 0 Å². The van der Waals surface area contributed by atoms with Crippen molar-refractivity contribution in [2.24, 2.45) is 0 Å². The number of nitriles is 3. The maximum Gasteiger partial charge on any atom is 0.0998 e. The van der Waals surface area contributed by atoms with E-state index in [0.717, 1.165) is 66.5 Å². The molecule has 0 unspecified atom stereocenters. The van der Waals surface area contributed by atoms with Gasteiger partial charge in [0.05, 0.1) is 62.7 Å². The summed E-state index contributed by atoms with van der Waals surface area (Å²) in [6.07, 6.45) is 0. The summed E-state index contributed by atoms with van der Waals surface area (Å²) in [4.78, 5) is 0. The van der Waals surface area contributed by atoms with E-state index in [2.05, 4.69) is 112 Å². The Labute approximate surface area is 287 Å². The molecule has 7 aromatic carbocycles. The van der Waals surface area contributed by atoms with E-state index in [1.54, 1.807) is 0 Å². The highest BCUT2D eigenvalue weighted by atomic mass is 15.0. The van der Waals surface area contributed by atoms with E-state index in [0.29, 0.717) is 16.7 Å². The van der Waals surface area contributed by atoms with Crippen LogP contribution in [0.4, 0.5) is 0 Å². The highest BCUT2D eigenvalue weighted by Gasteiger charge is 2.18. The van der Waals surface area contributed by atoms with Crippen LogP contribution in [0.2, 0.25) is 0 Å². The third kappa shape index (κ3) is 4.38. The molecular weight excluding hydrogens is 611 g/mol. The van der Waals surface area contributed by atoms with E-state index in [1.165, 1.54) is 10.8 Å². The van der Waals surface area contributed by atoms with Gasteiger partial charge in [0, 0.05) is 38.4 Å². The first kappa shape index (κ1) is 28.8. The Hall–Kier alpha value is -7.39. The lowest BCUT2D eigenvalue weighted by Gasteiger charge is -2.16. The van der Waals surface area contributed by atoms with Crippen molar-refractivity contribution in [2.45, 2.75) is 0 Å². The second kappa shape index (κ2) is 11.4. The smallest absolute Gasteiger partial charge is 0.0998 e. The minimum Gasteiger partial charge on any atom is -0.309 e. The van der Waals surface area contributed by atoms with Gasteiger partial charge in [-0.05, 0) is 83.9 Å². The summed E-state index contributed by atoms with van der Waals surface area (Å²) in [5.41, 5.74) is 11.5. The van der Waals surface area contributed by atoms with Crippen molar-refractivity contribution in [3.63, 3.8) is 0 Å². The predicted octanol–water partition coefficient (Wildman–Crippen LogP) is 10.8. The van der Waals surface area contributed by atoms with Crippen molar-refractivity contribution >= 4 is 43.6 Å². The molecule has 2 aromatic heterocycles. The first-order chi connectivity index (χ1) is 24.7. The molecule has 2 heterocycles. The zero-order chi connectivity index (χ0) is 33.8. The molecule has 0 amide bonds. The zero-order valence-corrected chi connectivity index (χ0v) is 26.7. The van der Waals surface area contributed by atoms with E-state index >= 15 is 0 Å². The average Bonchev–Trinajstić information content (AvgIpc) is 3.69. The zero-order valence-electron chi connectivity index (χ0n) is 26.7. The van der Waals surface area contributed by atoms with Crippen LogP contribution in [0.5, 0.6) is 0 Å². The molecule has 0 fully saturated rings. The fraction of sp³-hybridized carbons (Fsp3) is 0. The molecule has 9 aromatic rings. The van der Waals surface area contributed by atoms with Gasteiger partial charge >= 0.3 is 0 Å². The molecule has 50 heavy (non-hydrogen) atoms. The number of hydrogen-bond acceptors (Lipinski definition) is 3. The van der Waals surface area contributed by atoms with Crippen molar-refractivity contribution in [3.05, 3.63) is 168 Å². The van der Waals surface area contributed by atoms with Crippen molar-refractivity contribution in [1.82, 2.24) is 9.13 Å². The summed E-state index contributed by atoms with van der Waals surface area (Å²) in [5, 5.41) is 34.0. The Balaban J connectivity index is 1.24. The molecule has 0 spiro atoms. The van der Waals surface area contributed by atoms with Crippen LogP contribution >= 0.6 is 0 Å². The van der Waals surface area contributed by atoms with Crippen LogP contribution in [-0.2, 0) is 0 Å². The third-order valence-corrected chi connectivity index (χ3v) is 9.62. The molecule has 0 N–H and O–H groups in total. The van der Waals surface area contributed by atoms with E-state index < -0.39 is 0 Å². The molecule has 0 bridgehead atoms. The Morgan fingerprint density at radius 3 is 1.78 bits per heavy atom. The van der Waals surface area contributed by atoms with Crippen LogP contribution in [-0.4, -0.2) is 9.13 Å². The topological polar surface area (TPSA) is 81.2 Å². The van der Waals surface area contributed by atoms with Crippen molar-refractivity contribution in [3.8, 4) is 51.8 Å². The van der Waals surface area contributed by atoms with Gasteiger partial charge in [-0.3, -0.25) is 0 Å². The molecule has 0 radical (unpaired) electrons. The molecule has 5 heteroatoms. The fourth-order valence-corrected chi connectivity index (χ4v) is 7.39. The molecule has 0 saturated carbocycles. The summed E-state index contributed by atoms with van der Waals surface area (Å²) in [6.45, 7) is 0. The number of benzene rings is 7. The molecule has 0 atom stereocenters. The lowest BCUT2D eigenvalue weighted by Crippen LogP contribution is -1.98. The molecule has 0 aliphatic carbocycles. The largest absolute Gasteiger partial charge is 0.309 e. The van der Waals surface area contributed by atoms with Crippen LogP contribution in [0.15, 0.2) is 152 Å². The minimum absolute atomic E-state index is 0.555. The van der Waals surface area contributed by atoms with Gasteiger partial charge in [-0.2, -0.15) is 15.8 Å². The van der Waals surface area contributed by atoms with Crippen molar-refractivity contribution < 1.29 is 0 Å². The Morgan fingerprint density at radius 2 is 1.02 bits per heavy atom. The lowest BCUT2D eigenvalue weighted by molar-refractivity contribution is 1.18. The Morgan fingerprint density at radius 1 is 0.380 bits per heavy atom. The predicted molar refractivity (Wildman–Crippen MR) is 200 cm³/mol. The summed E-state index contributed by atoms with van der Waals surface area (Å²) >= 11 is 0. The third-order valence-electron chi connectivity index (χ3n) is 9.62. The standard InChI is InChI=1S/C45H25N5/c46-26-29-17-21-44-40(22-29)38-20-16-30(27-47)23-45(38)49(44)34-9-7-8-31(24-34)39-25-32(18-19-33(39)28-48)35-10-1-4-13-41(35)50-42-14-5-2-11-36(42)37-12-3-6-15-43(37)50/h1-25H. The summed E-state index contributed by atoms with van der Waals surface area (Å²) in [6, 6.07) is 57.9. The molecule has 230 valence electrons. The number of para-hydroxylation sites is 3. The van der Waals surface area contributed by atoms with E-state index in [4.69, 9.17) is 0 Å². The van der Waals surface area contributed by atoms with Gasteiger partial charge < -0.3 is 9.13 Å². The van der Waals surface area contributed by atoms with Gasteiger partial charge in [0.15, 0.2) is 0 Å². The number of nitrogens with zero attached hydrogens (tertiary/aromatic N) is 5. The molecule has 0 aliphatic heterocycles. The number of fused-ring (bicyclic) bond motifs is 6. The number of rotatable bonds is 4. The van der Waals surface area contributed by atoms with E-state index in [1.807, 2.05) is 66.7 Å². The second-order valence-corrected chi connectivity index (χ2v) is 12.3. The van der Waals surface area contributed by atoms with Gasteiger partial charge in [0.25, 0.3) is 0 Å². The summed E-state index contributed by atoms with van der Waals surface area (Å²) < 4.78 is 4.46. The van der Waals surface area contributed by atoms with Gasteiger partial charge in [-0.1, -0.05) is 78.9 Å². The molecule has 0 aliphatic rings. The summed E-state index contributed by atoms with van der Waals surface area (Å²) in [7, 11) is 0. The highest BCUT2D eigenvalue weighted by molar-refractivity contribution is 6.11. The molecule has 5 nitrogen and oxygen atoms in total. The lowest BCUT2D eigenvalue weighted by atomic mass is 9.94. The maximum atomic E-state index is 10.3. The van der Waals surface area contributed by atoms with Crippen molar-refractivity contribution in [1.29, 1.82) is 15.8 Å². The van der Waals surface area contributed by atoms with Gasteiger partial charge in [-0.25, -0.2) is 0 Å². The van der Waals surface area contributed by atoms with E-state index in [9.17, 15) is 15.8 Å². The molecule has 0 saturated heterocycles.